The normalized spacial score (nSPS) is 20.7. The second-order valence-electron chi connectivity index (χ2n) is 4.23. The molecule has 0 radical (unpaired) electrons. The van der Waals surface area contributed by atoms with Crippen LogP contribution >= 0.6 is 0 Å². The minimum Gasteiger partial charge on any atom is -0.328 e. The van der Waals surface area contributed by atoms with E-state index in [9.17, 15) is 4.79 Å². The zero-order chi connectivity index (χ0) is 11.7. The number of anilines is 1. The Morgan fingerprint density at radius 1 is 1.50 bits per heavy atom. The van der Waals surface area contributed by atoms with Crippen molar-refractivity contribution in [1.29, 1.82) is 0 Å². The van der Waals surface area contributed by atoms with Gasteiger partial charge in [0.2, 0.25) is 0 Å². The SMILES string of the molecule is Cc1cccc(N2CC(CN)N(C)C2=O)c1. The van der Waals surface area contributed by atoms with Crippen LogP contribution in [0.4, 0.5) is 10.5 Å². The zero-order valence-corrected chi connectivity index (χ0v) is 9.68. The van der Waals surface area contributed by atoms with Crippen molar-refractivity contribution >= 4 is 11.7 Å². The predicted molar refractivity (Wildman–Crippen MR) is 64.5 cm³/mol. The summed E-state index contributed by atoms with van der Waals surface area (Å²) in [6.45, 7) is 3.20. The summed E-state index contributed by atoms with van der Waals surface area (Å²) in [6, 6.07) is 8.11. The Kier molecular flexibility index (Phi) is 2.83. The van der Waals surface area contributed by atoms with Gasteiger partial charge in [0.05, 0.1) is 6.04 Å². The average molecular weight is 219 g/mol. The molecule has 2 rings (SSSR count). The lowest BCUT2D eigenvalue weighted by Gasteiger charge is -2.16. The smallest absolute Gasteiger partial charge is 0.324 e. The number of hydrogen-bond acceptors (Lipinski definition) is 2. The van der Waals surface area contributed by atoms with Gasteiger partial charge in [-0.2, -0.15) is 0 Å². The number of urea groups is 1. The van der Waals surface area contributed by atoms with Crippen LogP contribution in [0, 0.1) is 6.92 Å². The minimum absolute atomic E-state index is 0.0288. The van der Waals surface area contributed by atoms with Crippen LogP contribution in [0.1, 0.15) is 5.56 Å². The molecule has 0 saturated carbocycles. The quantitative estimate of drug-likeness (QED) is 0.812. The highest BCUT2D eigenvalue weighted by Crippen LogP contribution is 2.23. The Labute approximate surface area is 95.6 Å². The second kappa shape index (κ2) is 4.14. The highest BCUT2D eigenvalue weighted by molar-refractivity contribution is 5.94. The van der Waals surface area contributed by atoms with E-state index >= 15 is 0 Å². The first kappa shape index (κ1) is 11.0. The van der Waals surface area contributed by atoms with Crippen LogP contribution in [0.2, 0.25) is 0 Å². The molecule has 1 atom stereocenters. The molecule has 0 aromatic heterocycles. The third kappa shape index (κ3) is 1.76. The molecule has 1 fully saturated rings. The molecular weight excluding hydrogens is 202 g/mol. The number of rotatable bonds is 2. The van der Waals surface area contributed by atoms with E-state index < -0.39 is 0 Å². The summed E-state index contributed by atoms with van der Waals surface area (Å²) in [5, 5.41) is 0. The standard InChI is InChI=1S/C12H17N3O/c1-9-4-3-5-10(6-9)15-8-11(7-13)14(2)12(15)16/h3-6,11H,7-8,13H2,1-2H3. The number of carbonyl (C=O) groups excluding carboxylic acids is 1. The Balaban J connectivity index is 2.26. The van der Waals surface area contributed by atoms with Gasteiger partial charge in [-0.15, -0.1) is 0 Å². The molecule has 1 aliphatic rings. The largest absolute Gasteiger partial charge is 0.328 e. The van der Waals surface area contributed by atoms with Gasteiger partial charge in [0, 0.05) is 25.8 Å². The van der Waals surface area contributed by atoms with Crippen molar-refractivity contribution in [3.05, 3.63) is 29.8 Å². The molecule has 1 unspecified atom stereocenters. The van der Waals surface area contributed by atoms with E-state index in [2.05, 4.69) is 0 Å². The van der Waals surface area contributed by atoms with Crippen molar-refractivity contribution in [3.8, 4) is 0 Å². The fraction of sp³-hybridized carbons (Fsp3) is 0.417. The number of hydrogen-bond donors (Lipinski definition) is 1. The van der Waals surface area contributed by atoms with Gasteiger partial charge in [-0.25, -0.2) is 4.79 Å². The van der Waals surface area contributed by atoms with Crippen molar-refractivity contribution in [3.63, 3.8) is 0 Å². The topological polar surface area (TPSA) is 49.6 Å². The fourth-order valence-electron chi connectivity index (χ4n) is 2.00. The molecule has 86 valence electrons. The fourth-order valence-corrected chi connectivity index (χ4v) is 2.00. The average Bonchev–Trinajstić information content (AvgIpc) is 2.56. The maximum atomic E-state index is 12.0. The molecule has 2 N–H and O–H groups in total. The van der Waals surface area contributed by atoms with E-state index in [4.69, 9.17) is 5.73 Å². The van der Waals surface area contributed by atoms with Crippen molar-refractivity contribution < 1.29 is 4.79 Å². The van der Waals surface area contributed by atoms with Crippen LogP contribution in [-0.4, -0.2) is 37.1 Å². The van der Waals surface area contributed by atoms with Gasteiger partial charge in [-0.3, -0.25) is 4.90 Å². The number of benzene rings is 1. The Morgan fingerprint density at radius 3 is 2.81 bits per heavy atom. The van der Waals surface area contributed by atoms with E-state index in [1.165, 1.54) is 0 Å². The van der Waals surface area contributed by atoms with Crippen molar-refractivity contribution in [2.75, 3.05) is 25.0 Å². The van der Waals surface area contributed by atoms with Gasteiger partial charge < -0.3 is 10.6 Å². The zero-order valence-electron chi connectivity index (χ0n) is 9.68. The molecule has 2 amide bonds. The van der Waals surface area contributed by atoms with E-state index in [-0.39, 0.29) is 12.1 Å². The molecule has 1 heterocycles. The summed E-state index contributed by atoms with van der Waals surface area (Å²) in [5.41, 5.74) is 7.74. The summed E-state index contributed by atoms with van der Waals surface area (Å²) in [5.74, 6) is 0. The second-order valence-corrected chi connectivity index (χ2v) is 4.23. The maximum absolute atomic E-state index is 12.0. The van der Waals surface area contributed by atoms with Gasteiger partial charge in [-0.05, 0) is 24.6 Å². The molecule has 0 spiro atoms. The highest BCUT2D eigenvalue weighted by atomic mass is 16.2. The van der Waals surface area contributed by atoms with Gasteiger partial charge in [0.25, 0.3) is 0 Å². The summed E-state index contributed by atoms with van der Waals surface area (Å²) in [7, 11) is 1.80. The molecule has 1 aromatic carbocycles. The van der Waals surface area contributed by atoms with E-state index in [1.54, 1.807) is 16.8 Å². The first-order valence-electron chi connectivity index (χ1n) is 5.44. The molecular formula is C12H17N3O. The summed E-state index contributed by atoms with van der Waals surface area (Å²) in [6.07, 6.45) is 0. The van der Waals surface area contributed by atoms with Gasteiger partial charge in [-0.1, -0.05) is 12.1 Å². The molecule has 4 heteroatoms. The predicted octanol–water partition coefficient (Wildman–Crippen LogP) is 1.19. The van der Waals surface area contributed by atoms with E-state index in [0.717, 1.165) is 11.3 Å². The van der Waals surface area contributed by atoms with Crippen LogP contribution in [0.3, 0.4) is 0 Å². The Morgan fingerprint density at radius 2 is 2.25 bits per heavy atom. The summed E-state index contributed by atoms with van der Waals surface area (Å²) >= 11 is 0. The van der Waals surface area contributed by atoms with E-state index in [1.807, 2.05) is 31.2 Å². The molecule has 1 aliphatic heterocycles. The number of nitrogens with zero attached hydrogens (tertiary/aromatic N) is 2. The first-order valence-corrected chi connectivity index (χ1v) is 5.44. The van der Waals surface area contributed by atoms with Crippen LogP contribution in [0.15, 0.2) is 24.3 Å². The van der Waals surface area contributed by atoms with Crippen LogP contribution in [0.5, 0.6) is 0 Å². The summed E-state index contributed by atoms with van der Waals surface area (Å²) < 4.78 is 0. The first-order chi connectivity index (χ1) is 7.63. The molecule has 0 bridgehead atoms. The molecule has 1 aromatic rings. The van der Waals surface area contributed by atoms with Crippen molar-refractivity contribution in [2.45, 2.75) is 13.0 Å². The Hall–Kier alpha value is -1.55. The number of carbonyl (C=O) groups is 1. The number of aryl methyl sites for hydroxylation is 1. The monoisotopic (exact) mass is 219 g/mol. The number of nitrogens with two attached hydrogens (primary N) is 1. The maximum Gasteiger partial charge on any atom is 0.324 e. The van der Waals surface area contributed by atoms with E-state index in [0.29, 0.717) is 13.1 Å². The molecule has 0 aliphatic carbocycles. The summed E-state index contributed by atoms with van der Waals surface area (Å²) in [4.78, 5) is 15.5. The van der Waals surface area contributed by atoms with Crippen LogP contribution in [-0.2, 0) is 0 Å². The molecule has 1 saturated heterocycles. The lowest BCUT2D eigenvalue weighted by Crippen LogP contribution is -2.35. The minimum atomic E-state index is 0.0288. The lowest BCUT2D eigenvalue weighted by atomic mass is 10.2. The third-order valence-corrected chi connectivity index (χ3v) is 3.06. The van der Waals surface area contributed by atoms with Gasteiger partial charge in [0.1, 0.15) is 0 Å². The number of likely N-dealkylation sites (N-methyl/N-ethyl adjacent to an activating group) is 1. The van der Waals surface area contributed by atoms with Gasteiger partial charge >= 0.3 is 6.03 Å². The van der Waals surface area contributed by atoms with Gasteiger partial charge in [0.15, 0.2) is 0 Å². The van der Waals surface area contributed by atoms with Crippen LogP contribution < -0.4 is 10.6 Å². The third-order valence-electron chi connectivity index (χ3n) is 3.06. The van der Waals surface area contributed by atoms with Crippen LogP contribution in [0.25, 0.3) is 0 Å². The van der Waals surface area contributed by atoms with Crippen molar-refractivity contribution in [2.24, 2.45) is 5.73 Å². The Bertz CT molecular complexity index is 405. The highest BCUT2D eigenvalue weighted by Gasteiger charge is 2.34. The van der Waals surface area contributed by atoms with Crippen molar-refractivity contribution in [1.82, 2.24) is 4.90 Å². The lowest BCUT2D eigenvalue weighted by molar-refractivity contribution is 0.219. The molecule has 16 heavy (non-hydrogen) atoms. The number of amides is 2. The molecule has 4 nitrogen and oxygen atoms in total.